The second-order valence-corrected chi connectivity index (χ2v) is 3.57. The zero-order valence-electron chi connectivity index (χ0n) is 1.57. The van der Waals surface area contributed by atoms with Gasteiger partial charge in [-0.1, -0.05) is 0 Å². The Bertz CT molecular complexity index is 29.0. The summed E-state index contributed by atoms with van der Waals surface area (Å²) < 4.78 is 20.7. The number of halogens is 2. The van der Waals surface area contributed by atoms with E-state index in [1.165, 1.54) is 0 Å². The van der Waals surface area contributed by atoms with Crippen molar-refractivity contribution in [3.8, 4) is 0 Å². The molecule has 4 heavy (non-hydrogen) atoms. The van der Waals surface area contributed by atoms with Gasteiger partial charge in [0.2, 0.25) is 0 Å². The van der Waals surface area contributed by atoms with E-state index in [1.807, 2.05) is 0 Å². The predicted molar refractivity (Wildman–Crippen MR) is 9.81 cm³/mol. The summed E-state index contributed by atoms with van der Waals surface area (Å²) in [6.07, 6.45) is 0. The normalized spacial score (nSPS) is 8.75. The van der Waals surface area contributed by atoms with Crippen molar-refractivity contribution in [1.82, 2.24) is 0 Å². The van der Waals surface area contributed by atoms with Gasteiger partial charge in [-0.15, -0.1) is 0 Å². The molecule has 0 unspecified atom stereocenters. The first-order valence-electron chi connectivity index (χ1n) is 0.475. The molecule has 26 valence electrons. The molecule has 0 rings (SSSR count). The van der Waals surface area contributed by atoms with Crippen molar-refractivity contribution in [3.05, 3.63) is 0 Å². The van der Waals surface area contributed by atoms with E-state index >= 15 is 0 Å². The first-order chi connectivity index (χ1) is 1.73. The molecule has 0 spiro atoms. The summed E-state index contributed by atoms with van der Waals surface area (Å²) in [6.45, 7) is 0. The Hall–Kier alpha value is 0.768. The molecule has 0 aromatic rings. The van der Waals surface area contributed by atoms with E-state index in [0.717, 1.165) is 0 Å². The third-order valence-corrected chi connectivity index (χ3v) is 0. The first kappa shape index (κ1) is 4.77. The van der Waals surface area contributed by atoms with Crippen LogP contribution in [0.25, 0.3) is 0 Å². The average molecular weight is 254 g/mol. The summed E-state index contributed by atoms with van der Waals surface area (Å²) >= 11 is -3.94. The van der Waals surface area contributed by atoms with E-state index in [0.29, 0.717) is 0 Å². The zero-order valence-corrected chi connectivity index (χ0v) is 5.32. The van der Waals surface area contributed by atoms with Gasteiger partial charge in [0.1, 0.15) is 0 Å². The van der Waals surface area contributed by atoms with Crippen LogP contribution >= 0.6 is 9.82 Å². The molecule has 0 heterocycles. The van der Waals surface area contributed by atoms with Crippen LogP contribution in [0, 0.1) is 0 Å². The van der Waals surface area contributed by atoms with E-state index < -0.39 is 16.5 Å². The first-order valence-corrected chi connectivity index (χ1v) is 6.62. The predicted octanol–water partition coefficient (Wildman–Crippen LogP) is 1.49. The summed E-state index contributed by atoms with van der Waals surface area (Å²) in [6, 6.07) is 0. The molecule has 0 aromatic heterocycles. The average Bonchev–Trinajstić information content (AvgIpc) is 0.811. The van der Waals surface area contributed by atoms with Gasteiger partial charge in [-0.25, -0.2) is 0 Å². The van der Waals surface area contributed by atoms with Gasteiger partial charge in [0.05, 0.1) is 0 Å². The second-order valence-electron chi connectivity index (χ2n) is 0.184. The minimum atomic E-state index is -3.94. The third-order valence-electron chi connectivity index (χ3n) is 0. The summed E-state index contributed by atoms with van der Waals surface area (Å²) in [5, 5.41) is 0. The van der Waals surface area contributed by atoms with E-state index in [9.17, 15) is 6.32 Å². The molecule has 0 N–H and O–H groups in total. The molecule has 0 amide bonds. The number of hydrogen-bond acceptors (Lipinski definition) is 1. The van der Waals surface area contributed by atoms with Crippen LogP contribution in [0.3, 0.4) is 0 Å². The summed E-state index contributed by atoms with van der Waals surface area (Å²) in [4.78, 5) is 0. The van der Waals surface area contributed by atoms with E-state index in [2.05, 4.69) is 9.82 Å². The zero-order chi connectivity index (χ0) is 3.58. The molecule has 0 aliphatic carbocycles. The Kier molecular flexibility index (Phi) is 2.42. The van der Waals surface area contributed by atoms with Gasteiger partial charge in [0.15, 0.2) is 0 Å². The van der Waals surface area contributed by atoms with E-state index in [1.54, 1.807) is 0 Å². The molecule has 0 nitrogen and oxygen atoms in total. The van der Waals surface area contributed by atoms with Gasteiger partial charge in [0, 0.05) is 0 Å². The topological polar surface area (TPSA) is 0 Å². The third kappa shape index (κ3) is 14.7. The van der Waals surface area contributed by atoms with Gasteiger partial charge in [-0.2, -0.15) is 0 Å². The van der Waals surface area contributed by atoms with E-state index in [-0.39, 0.29) is 0 Å². The fourth-order valence-electron chi connectivity index (χ4n) is 0. The quantitative estimate of drug-likeness (QED) is 0.631. The molecule has 0 fully saturated rings. The Labute approximate surface area is 33.1 Å². The Morgan fingerprint density at radius 3 is 1.50 bits per heavy atom. The molecular formula is F2SW. The van der Waals surface area contributed by atoms with Gasteiger partial charge in [-0.3, -0.25) is 0 Å². The van der Waals surface area contributed by atoms with Crippen molar-refractivity contribution >= 4 is 9.82 Å². The van der Waals surface area contributed by atoms with Crippen molar-refractivity contribution in [2.45, 2.75) is 0 Å². The molecule has 0 aliphatic heterocycles. The van der Waals surface area contributed by atoms with Gasteiger partial charge < -0.3 is 0 Å². The molecule has 0 saturated heterocycles. The molecule has 0 bridgehead atoms. The van der Waals surface area contributed by atoms with Gasteiger partial charge >= 0.3 is 32.7 Å². The SMILES string of the molecule is [F][W]([F])=[S]. The molecule has 0 atom stereocenters. The Balaban J connectivity index is 2.80. The number of rotatable bonds is 0. The summed E-state index contributed by atoms with van der Waals surface area (Å²) in [7, 11) is 3.48. The van der Waals surface area contributed by atoms with Crippen molar-refractivity contribution in [3.63, 3.8) is 0 Å². The van der Waals surface area contributed by atoms with Crippen LogP contribution in [0.2, 0.25) is 0 Å². The van der Waals surface area contributed by atoms with E-state index in [4.69, 9.17) is 0 Å². The maximum atomic E-state index is 10.3. The van der Waals surface area contributed by atoms with Crippen LogP contribution in [0.4, 0.5) is 6.32 Å². The fourth-order valence-corrected chi connectivity index (χ4v) is 0. The van der Waals surface area contributed by atoms with Crippen LogP contribution in [-0.4, -0.2) is 0 Å². The van der Waals surface area contributed by atoms with Crippen molar-refractivity contribution in [1.29, 1.82) is 0 Å². The molecule has 0 saturated carbocycles. The maximum absolute atomic E-state index is 10.3. The molecule has 0 aromatic carbocycles. The van der Waals surface area contributed by atoms with Crippen LogP contribution in [-0.2, 0) is 16.5 Å². The van der Waals surface area contributed by atoms with Crippen molar-refractivity contribution < 1.29 is 22.9 Å². The van der Waals surface area contributed by atoms with Crippen LogP contribution in [0.5, 0.6) is 0 Å². The molecule has 4 heteroatoms. The second kappa shape index (κ2) is 2.03. The van der Waals surface area contributed by atoms with Gasteiger partial charge in [-0.05, 0) is 0 Å². The van der Waals surface area contributed by atoms with Crippen LogP contribution in [0.15, 0.2) is 0 Å². The van der Waals surface area contributed by atoms with Crippen LogP contribution < -0.4 is 0 Å². The van der Waals surface area contributed by atoms with Crippen molar-refractivity contribution in [2.24, 2.45) is 0 Å². The molecule has 0 aliphatic rings. The monoisotopic (exact) mass is 254 g/mol. The number of hydrogen-bond donors (Lipinski definition) is 0. The summed E-state index contributed by atoms with van der Waals surface area (Å²) in [5.74, 6) is 0. The van der Waals surface area contributed by atoms with Crippen LogP contribution in [0.1, 0.15) is 0 Å². The molecule has 0 radical (unpaired) electrons. The Morgan fingerprint density at radius 2 is 1.50 bits per heavy atom. The minimum absolute atomic E-state index is 3.48. The summed E-state index contributed by atoms with van der Waals surface area (Å²) in [5.41, 5.74) is 0. The van der Waals surface area contributed by atoms with Crippen molar-refractivity contribution in [2.75, 3.05) is 0 Å². The fraction of sp³-hybridized carbons (Fsp3) is 0. The molecular weight excluding hydrogens is 254 g/mol. The Morgan fingerprint density at radius 1 is 1.50 bits per heavy atom. The standard InChI is InChI=1S/2FH.S.W/h2*1H;;/q;;;+2/p-2. The van der Waals surface area contributed by atoms with Gasteiger partial charge in [0.25, 0.3) is 0 Å².